The number of aryl methyl sites for hydroxylation is 2. The predicted molar refractivity (Wildman–Crippen MR) is 96.3 cm³/mol. The minimum atomic E-state index is -0.287. The van der Waals surface area contributed by atoms with Crippen molar-refractivity contribution in [3.63, 3.8) is 0 Å². The van der Waals surface area contributed by atoms with Crippen LogP contribution < -0.4 is 5.32 Å². The molecule has 3 aromatic rings. The van der Waals surface area contributed by atoms with Gasteiger partial charge in [-0.15, -0.1) is 12.4 Å². The van der Waals surface area contributed by atoms with Crippen molar-refractivity contribution >= 4 is 29.1 Å². The fourth-order valence-corrected chi connectivity index (χ4v) is 3.38. The molecule has 1 unspecified atom stereocenters. The summed E-state index contributed by atoms with van der Waals surface area (Å²) in [6.07, 6.45) is 5.31. The van der Waals surface area contributed by atoms with Crippen molar-refractivity contribution < 1.29 is 8.91 Å². The highest BCUT2D eigenvalue weighted by Crippen LogP contribution is 2.27. The van der Waals surface area contributed by atoms with E-state index in [1.807, 2.05) is 0 Å². The third-order valence-electron chi connectivity index (χ3n) is 4.61. The van der Waals surface area contributed by atoms with Gasteiger partial charge in [-0.25, -0.2) is 4.39 Å². The molecule has 126 valence electrons. The number of nitrogens with zero attached hydrogens (tertiary/aromatic N) is 1. The number of para-hydroxylation sites is 1. The van der Waals surface area contributed by atoms with Gasteiger partial charge < -0.3 is 9.84 Å². The van der Waals surface area contributed by atoms with Crippen molar-refractivity contribution in [3.05, 3.63) is 59.5 Å². The first-order valence-corrected chi connectivity index (χ1v) is 8.18. The summed E-state index contributed by atoms with van der Waals surface area (Å²) in [6.45, 7) is 0. The van der Waals surface area contributed by atoms with E-state index in [0.29, 0.717) is 11.6 Å². The third kappa shape index (κ3) is 3.39. The molecule has 0 spiro atoms. The Kier molecular flexibility index (Phi) is 5.05. The highest BCUT2D eigenvalue weighted by molar-refractivity contribution is 5.85. The molecule has 5 heteroatoms. The molecule has 24 heavy (non-hydrogen) atoms. The zero-order valence-electron chi connectivity index (χ0n) is 13.3. The van der Waals surface area contributed by atoms with Crippen molar-refractivity contribution in [1.29, 1.82) is 0 Å². The van der Waals surface area contributed by atoms with Crippen LogP contribution in [0.15, 0.2) is 47.0 Å². The van der Waals surface area contributed by atoms with E-state index >= 15 is 0 Å². The minimum Gasteiger partial charge on any atom is -0.382 e. The molecule has 1 aliphatic heterocycles. The van der Waals surface area contributed by atoms with Gasteiger partial charge in [-0.1, -0.05) is 23.4 Å². The number of benzene rings is 2. The Morgan fingerprint density at radius 1 is 1.21 bits per heavy atom. The molecule has 1 N–H and O–H groups in total. The zero-order chi connectivity index (χ0) is 15.6. The Balaban J connectivity index is 0.00000169. The standard InChI is InChI=1S/C19H19FN2O.ClH/c20-14-9-11-16-18(22-23-19(16)12-14)7-3-5-15-10-8-13-4-1-2-6-17(13)21-15;/h1-2,4,6,9,11-12,15,21H,3,5,7-8,10H2;1H. The van der Waals surface area contributed by atoms with E-state index in [1.165, 1.54) is 29.8 Å². The number of rotatable bonds is 4. The summed E-state index contributed by atoms with van der Waals surface area (Å²) in [5.74, 6) is -0.287. The second-order valence-electron chi connectivity index (χ2n) is 6.20. The van der Waals surface area contributed by atoms with E-state index < -0.39 is 0 Å². The average molecular weight is 347 g/mol. The molecule has 0 bridgehead atoms. The van der Waals surface area contributed by atoms with Crippen LogP contribution in [0.25, 0.3) is 11.0 Å². The van der Waals surface area contributed by atoms with Crippen molar-refractivity contribution in [1.82, 2.24) is 5.16 Å². The smallest absolute Gasteiger partial charge is 0.170 e. The van der Waals surface area contributed by atoms with E-state index in [-0.39, 0.29) is 18.2 Å². The highest BCUT2D eigenvalue weighted by Gasteiger charge is 2.17. The average Bonchev–Trinajstić information content (AvgIpc) is 2.97. The molecule has 0 fully saturated rings. The quantitative estimate of drug-likeness (QED) is 0.711. The van der Waals surface area contributed by atoms with Crippen molar-refractivity contribution in [2.75, 3.05) is 5.32 Å². The summed E-state index contributed by atoms with van der Waals surface area (Å²) in [5.41, 5.74) is 4.14. The molecular weight excluding hydrogens is 327 g/mol. The number of aromatic nitrogens is 1. The van der Waals surface area contributed by atoms with Crippen molar-refractivity contribution in [2.45, 2.75) is 38.1 Å². The zero-order valence-corrected chi connectivity index (χ0v) is 14.1. The number of nitrogens with one attached hydrogen (secondary N) is 1. The van der Waals surface area contributed by atoms with Gasteiger partial charge in [0.2, 0.25) is 0 Å². The lowest BCUT2D eigenvalue weighted by Gasteiger charge is -2.27. The summed E-state index contributed by atoms with van der Waals surface area (Å²) in [5, 5.41) is 8.65. The summed E-state index contributed by atoms with van der Waals surface area (Å²) in [6, 6.07) is 13.6. The Bertz CT molecular complexity index is 833. The third-order valence-corrected chi connectivity index (χ3v) is 4.61. The largest absolute Gasteiger partial charge is 0.382 e. The fourth-order valence-electron chi connectivity index (χ4n) is 3.38. The molecule has 1 aromatic heterocycles. The number of halogens is 2. The normalized spacial score (nSPS) is 16.3. The molecule has 1 atom stereocenters. The monoisotopic (exact) mass is 346 g/mol. The van der Waals surface area contributed by atoms with Crippen LogP contribution >= 0.6 is 12.4 Å². The van der Waals surface area contributed by atoms with Gasteiger partial charge in [-0.05, 0) is 55.9 Å². The van der Waals surface area contributed by atoms with E-state index in [1.54, 1.807) is 6.07 Å². The maximum absolute atomic E-state index is 13.2. The summed E-state index contributed by atoms with van der Waals surface area (Å²) in [7, 11) is 0. The lowest BCUT2D eigenvalue weighted by Crippen LogP contribution is -2.25. The maximum atomic E-state index is 13.2. The molecular formula is C19H20ClFN2O. The molecule has 0 amide bonds. The number of fused-ring (bicyclic) bond motifs is 2. The summed E-state index contributed by atoms with van der Waals surface area (Å²) < 4.78 is 18.4. The first-order chi connectivity index (χ1) is 11.3. The number of hydrogen-bond donors (Lipinski definition) is 1. The lowest BCUT2D eigenvalue weighted by atomic mass is 9.94. The van der Waals surface area contributed by atoms with Gasteiger partial charge in [-0.3, -0.25) is 0 Å². The Morgan fingerprint density at radius 3 is 3.00 bits per heavy atom. The first-order valence-electron chi connectivity index (χ1n) is 8.18. The Labute approximate surface area is 146 Å². The van der Waals surface area contributed by atoms with Gasteiger partial charge in [0.05, 0.1) is 5.69 Å². The molecule has 0 radical (unpaired) electrons. The Morgan fingerprint density at radius 2 is 2.08 bits per heavy atom. The molecule has 0 aliphatic carbocycles. The molecule has 1 aliphatic rings. The molecule has 3 nitrogen and oxygen atoms in total. The Hall–Kier alpha value is -2.07. The van der Waals surface area contributed by atoms with Gasteiger partial charge in [0.15, 0.2) is 5.58 Å². The SMILES string of the molecule is Cl.Fc1ccc2c(CCCC3CCc4ccccc4N3)noc2c1. The van der Waals surface area contributed by atoms with Crippen LogP contribution in [-0.2, 0) is 12.8 Å². The van der Waals surface area contributed by atoms with Crippen LogP contribution in [0.4, 0.5) is 10.1 Å². The van der Waals surface area contributed by atoms with Crippen molar-refractivity contribution in [3.8, 4) is 0 Å². The predicted octanol–water partition coefficient (Wildman–Crippen LogP) is 5.14. The van der Waals surface area contributed by atoms with Crippen molar-refractivity contribution in [2.24, 2.45) is 0 Å². The maximum Gasteiger partial charge on any atom is 0.170 e. The van der Waals surface area contributed by atoms with Crippen LogP contribution in [0.2, 0.25) is 0 Å². The molecule has 4 rings (SSSR count). The van der Waals surface area contributed by atoms with E-state index in [4.69, 9.17) is 4.52 Å². The molecule has 2 aromatic carbocycles. The van der Waals surface area contributed by atoms with E-state index in [0.717, 1.165) is 36.8 Å². The molecule has 2 heterocycles. The van der Waals surface area contributed by atoms with Crippen LogP contribution in [0.5, 0.6) is 0 Å². The topological polar surface area (TPSA) is 38.1 Å². The fraction of sp³-hybridized carbons (Fsp3) is 0.316. The number of anilines is 1. The first kappa shape index (κ1) is 16.8. The minimum absolute atomic E-state index is 0. The summed E-state index contributed by atoms with van der Waals surface area (Å²) >= 11 is 0. The van der Waals surface area contributed by atoms with Gasteiger partial charge in [0.25, 0.3) is 0 Å². The van der Waals surface area contributed by atoms with Gasteiger partial charge in [0.1, 0.15) is 5.82 Å². The molecule has 0 saturated carbocycles. The van der Waals surface area contributed by atoms with E-state index in [2.05, 4.69) is 34.7 Å². The van der Waals surface area contributed by atoms with E-state index in [9.17, 15) is 4.39 Å². The molecule has 0 saturated heterocycles. The number of hydrogen-bond acceptors (Lipinski definition) is 3. The second kappa shape index (κ2) is 7.22. The van der Waals surface area contributed by atoms with Crippen LogP contribution in [0.3, 0.4) is 0 Å². The highest BCUT2D eigenvalue weighted by atomic mass is 35.5. The summed E-state index contributed by atoms with van der Waals surface area (Å²) in [4.78, 5) is 0. The van der Waals surface area contributed by atoms with Gasteiger partial charge in [-0.2, -0.15) is 0 Å². The van der Waals surface area contributed by atoms with Crippen LogP contribution in [0.1, 0.15) is 30.5 Å². The van der Waals surface area contributed by atoms with Gasteiger partial charge >= 0.3 is 0 Å². The van der Waals surface area contributed by atoms with Crippen LogP contribution in [0, 0.1) is 5.82 Å². The second-order valence-corrected chi connectivity index (χ2v) is 6.20. The van der Waals surface area contributed by atoms with Gasteiger partial charge in [0, 0.05) is 23.2 Å². The lowest BCUT2D eigenvalue weighted by molar-refractivity contribution is 0.441. The van der Waals surface area contributed by atoms with Crippen LogP contribution in [-0.4, -0.2) is 11.2 Å².